The van der Waals surface area contributed by atoms with Gasteiger partial charge in [0.25, 0.3) is 5.91 Å². The van der Waals surface area contributed by atoms with Crippen molar-refractivity contribution in [1.29, 1.82) is 0 Å². The highest BCUT2D eigenvalue weighted by molar-refractivity contribution is 5.91. The summed E-state index contributed by atoms with van der Waals surface area (Å²) in [6, 6.07) is 4.21. The number of hydrogen-bond acceptors (Lipinski definition) is 4. The zero-order valence-electron chi connectivity index (χ0n) is 10.3. The van der Waals surface area contributed by atoms with Crippen LogP contribution >= 0.6 is 0 Å². The summed E-state index contributed by atoms with van der Waals surface area (Å²) in [5.41, 5.74) is 5.92. The number of anilines is 1. The molecule has 0 heterocycles. The van der Waals surface area contributed by atoms with Crippen LogP contribution in [0.3, 0.4) is 0 Å². The molecule has 0 spiro atoms. The SMILES string of the molecule is CCN(C)C(=O)COc1cc(N)ccc1C(=O)O. The highest BCUT2D eigenvalue weighted by Gasteiger charge is 2.14. The number of carboxylic acid groups (broad SMARTS) is 1. The first-order valence-electron chi connectivity index (χ1n) is 5.45. The van der Waals surface area contributed by atoms with Gasteiger partial charge in [-0.05, 0) is 19.1 Å². The summed E-state index contributed by atoms with van der Waals surface area (Å²) in [7, 11) is 1.64. The van der Waals surface area contributed by atoms with Gasteiger partial charge in [-0.15, -0.1) is 0 Å². The maximum absolute atomic E-state index is 11.5. The number of aromatic carboxylic acids is 1. The minimum absolute atomic E-state index is 0.0175. The van der Waals surface area contributed by atoms with Crippen molar-refractivity contribution in [3.63, 3.8) is 0 Å². The first kappa shape index (κ1) is 13.8. The Hall–Kier alpha value is -2.24. The van der Waals surface area contributed by atoms with E-state index in [1.165, 1.54) is 23.1 Å². The fourth-order valence-electron chi connectivity index (χ4n) is 1.26. The molecule has 0 saturated heterocycles. The topological polar surface area (TPSA) is 92.9 Å². The van der Waals surface area contributed by atoms with Crippen LogP contribution in [0.2, 0.25) is 0 Å². The van der Waals surface area contributed by atoms with Crippen LogP contribution < -0.4 is 10.5 Å². The third-order valence-corrected chi connectivity index (χ3v) is 2.49. The summed E-state index contributed by atoms with van der Waals surface area (Å²) >= 11 is 0. The largest absolute Gasteiger partial charge is 0.483 e. The molecular formula is C12H16N2O4. The van der Waals surface area contributed by atoms with Gasteiger partial charge in [0, 0.05) is 25.3 Å². The van der Waals surface area contributed by atoms with Gasteiger partial charge in [0.2, 0.25) is 0 Å². The van der Waals surface area contributed by atoms with E-state index in [1.54, 1.807) is 7.05 Å². The monoisotopic (exact) mass is 252 g/mol. The van der Waals surface area contributed by atoms with Crippen LogP contribution in [0.4, 0.5) is 5.69 Å². The highest BCUT2D eigenvalue weighted by Crippen LogP contribution is 2.21. The number of carbonyl (C=O) groups excluding carboxylic acids is 1. The third kappa shape index (κ3) is 3.38. The van der Waals surface area contributed by atoms with E-state index in [-0.39, 0.29) is 23.8 Å². The van der Waals surface area contributed by atoms with Gasteiger partial charge in [-0.25, -0.2) is 4.79 Å². The van der Waals surface area contributed by atoms with E-state index < -0.39 is 5.97 Å². The van der Waals surface area contributed by atoms with E-state index in [0.29, 0.717) is 12.2 Å². The molecular weight excluding hydrogens is 236 g/mol. The number of carbonyl (C=O) groups is 2. The van der Waals surface area contributed by atoms with Crippen LogP contribution in [0.1, 0.15) is 17.3 Å². The lowest BCUT2D eigenvalue weighted by Crippen LogP contribution is -2.31. The highest BCUT2D eigenvalue weighted by atomic mass is 16.5. The summed E-state index contributed by atoms with van der Waals surface area (Å²) in [6.45, 7) is 2.18. The number of likely N-dealkylation sites (N-methyl/N-ethyl adjacent to an activating group) is 1. The average Bonchev–Trinajstić information content (AvgIpc) is 2.34. The zero-order valence-corrected chi connectivity index (χ0v) is 10.3. The molecule has 1 rings (SSSR count). The van der Waals surface area contributed by atoms with Crippen molar-refractivity contribution in [3.05, 3.63) is 23.8 Å². The molecule has 0 aliphatic rings. The Morgan fingerprint density at radius 2 is 2.11 bits per heavy atom. The summed E-state index contributed by atoms with van der Waals surface area (Å²) in [5.74, 6) is -1.25. The number of carboxylic acids is 1. The van der Waals surface area contributed by atoms with Crippen molar-refractivity contribution < 1.29 is 19.4 Å². The molecule has 0 aliphatic heterocycles. The van der Waals surface area contributed by atoms with Crippen LogP contribution in [-0.2, 0) is 4.79 Å². The lowest BCUT2D eigenvalue weighted by atomic mass is 10.2. The Balaban J connectivity index is 2.81. The van der Waals surface area contributed by atoms with Crippen molar-refractivity contribution >= 4 is 17.6 Å². The predicted molar refractivity (Wildman–Crippen MR) is 66.6 cm³/mol. The fourth-order valence-corrected chi connectivity index (χ4v) is 1.26. The molecule has 18 heavy (non-hydrogen) atoms. The van der Waals surface area contributed by atoms with Crippen molar-refractivity contribution in [1.82, 2.24) is 4.90 Å². The number of benzene rings is 1. The molecule has 0 bridgehead atoms. The molecule has 0 unspecified atom stereocenters. The summed E-state index contributed by atoms with van der Waals surface area (Å²) in [6.07, 6.45) is 0. The number of amides is 1. The molecule has 6 heteroatoms. The molecule has 0 saturated carbocycles. The Kier molecular flexibility index (Phi) is 4.53. The standard InChI is InChI=1S/C12H16N2O4/c1-3-14(2)11(15)7-18-10-6-8(13)4-5-9(10)12(16)17/h4-6H,3,7,13H2,1-2H3,(H,16,17). The quantitative estimate of drug-likeness (QED) is 0.757. The second-order valence-corrected chi connectivity index (χ2v) is 3.76. The van der Waals surface area contributed by atoms with Crippen LogP contribution in [-0.4, -0.2) is 42.1 Å². The maximum Gasteiger partial charge on any atom is 0.339 e. The van der Waals surface area contributed by atoms with Crippen molar-refractivity contribution in [2.24, 2.45) is 0 Å². The summed E-state index contributed by atoms with van der Waals surface area (Å²) in [5, 5.41) is 8.96. The minimum Gasteiger partial charge on any atom is -0.483 e. The van der Waals surface area contributed by atoms with Crippen molar-refractivity contribution in [2.75, 3.05) is 25.9 Å². The predicted octanol–water partition coefficient (Wildman–Crippen LogP) is 0.824. The van der Waals surface area contributed by atoms with Crippen LogP contribution in [0, 0.1) is 0 Å². The Bertz CT molecular complexity index is 459. The number of ether oxygens (including phenoxy) is 1. The lowest BCUT2D eigenvalue weighted by molar-refractivity contribution is -0.131. The van der Waals surface area contributed by atoms with Crippen molar-refractivity contribution in [2.45, 2.75) is 6.92 Å². The van der Waals surface area contributed by atoms with Gasteiger partial charge in [-0.1, -0.05) is 0 Å². The van der Waals surface area contributed by atoms with E-state index in [9.17, 15) is 9.59 Å². The molecule has 1 amide bonds. The van der Waals surface area contributed by atoms with E-state index in [2.05, 4.69) is 0 Å². The smallest absolute Gasteiger partial charge is 0.339 e. The van der Waals surface area contributed by atoms with Crippen LogP contribution in [0.15, 0.2) is 18.2 Å². The molecule has 0 atom stereocenters. The number of hydrogen-bond donors (Lipinski definition) is 2. The molecule has 0 radical (unpaired) electrons. The Labute approximate surface area is 105 Å². The fraction of sp³-hybridized carbons (Fsp3) is 0.333. The van der Waals surface area contributed by atoms with E-state index >= 15 is 0 Å². The summed E-state index contributed by atoms with van der Waals surface area (Å²) < 4.78 is 5.21. The lowest BCUT2D eigenvalue weighted by Gasteiger charge is -2.15. The van der Waals surface area contributed by atoms with Crippen molar-refractivity contribution in [3.8, 4) is 5.75 Å². The molecule has 1 aromatic rings. The average molecular weight is 252 g/mol. The first-order valence-corrected chi connectivity index (χ1v) is 5.45. The molecule has 1 aromatic carbocycles. The number of nitrogen functional groups attached to an aromatic ring is 1. The third-order valence-electron chi connectivity index (χ3n) is 2.49. The molecule has 0 aromatic heterocycles. The molecule has 98 valence electrons. The van der Waals surface area contributed by atoms with Gasteiger partial charge in [0.05, 0.1) is 0 Å². The minimum atomic E-state index is -1.12. The zero-order chi connectivity index (χ0) is 13.7. The summed E-state index contributed by atoms with van der Waals surface area (Å²) in [4.78, 5) is 24.0. The van der Waals surface area contributed by atoms with Gasteiger partial charge in [0.15, 0.2) is 6.61 Å². The van der Waals surface area contributed by atoms with Gasteiger partial charge in [-0.3, -0.25) is 4.79 Å². The van der Waals surface area contributed by atoms with E-state index in [0.717, 1.165) is 0 Å². The second kappa shape index (κ2) is 5.90. The normalized spacial score (nSPS) is 9.89. The Morgan fingerprint density at radius 1 is 1.44 bits per heavy atom. The van der Waals surface area contributed by atoms with E-state index in [1.807, 2.05) is 6.92 Å². The molecule has 6 nitrogen and oxygen atoms in total. The van der Waals surface area contributed by atoms with Gasteiger partial charge in [-0.2, -0.15) is 0 Å². The number of rotatable bonds is 5. The number of nitrogens with two attached hydrogens (primary N) is 1. The number of nitrogens with zero attached hydrogens (tertiary/aromatic N) is 1. The van der Waals surface area contributed by atoms with E-state index in [4.69, 9.17) is 15.6 Å². The van der Waals surface area contributed by atoms with Gasteiger partial charge in [0.1, 0.15) is 11.3 Å². The molecule has 0 fully saturated rings. The molecule has 0 aliphatic carbocycles. The van der Waals surface area contributed by atoms with Crippen LogP contribution in [0.25, 0.3) is 0 Å². The first-order chi connectivity index (χ1) is 8.45. The molecule has 3 N–H and O–H groups in total. The second-order valence-electron chi connectivity index (χ2n) is 3.76. The maximum atomic E-state index is 11.5. The van der Waals surface area contributed by atoms with Gasteiger partial charge >= 0.3 is 5.97 Å². The van der Waals surface area contributed by atoms with Gasteiger partial charge < -0.3 is 20.5 Å². The Morgan fingerprint density at radius 3 is 2.67 bits per heavy atom. The van der Waals surface area contributed by atoms with Crippen LogP contribution in [0.5, 0.6) is 5.75 Å².